The summed E-state index contributed by atoms with van der Waals surface area (Å²) in [7, 11) is 0. The molecule has 0 radical (unpaired) electrons. The second kappa shape index (κ2) is 8.26. The number of ketones is 2. The van der Waals surface area contributed by atoms with E-state index < -0.39 is 36.1 Å². The van der Waals surface area contributed by atoms with Crippen molar-refractivity contribution in [1.82, 2.24) is 0 Å². The summed E-state index contributed by atoms with van der Waals surface area (Å²) in [5.41, 5.74) is -0.711. The molecular weight excluding hydrogens is 396 g/mol. The lowest BCUT2D eigenvalue weighted by atomic mass is 9.82. The molecular formula is C21H16O9. The van der Waals surface area contributed by atoms with E-state index in [1.807, 2.05) is 0 Å². The third-order valence-corrected chi connectivity index (χ3v) is 4.14. The first-order chi connectivity index (χ1) is 14.2. The third-order valence-electron chi connectivity index (χ3n) is 4.14. The summed E-state index contributed by atoms with van der Waals surface area (Å²) in [6.45, 7) is 1.56. The molecule has 0 saturated heterocycles. The maximum atomic E-state index is 13.2. The van der Waals surface area contributed by atoms with Crippen LogP contribution in [0.25, 0.3) is 0 Å². The zero-order valence-electron chi connectivity index (χ0n) is 16.0. The van der Waals surface area contributed by atoms with E-state index in [1.54, 1.807) is 0 Å². The minimum atomic E-state index is -0.875. The highest BCUT2D eigenvalue weighted by Crippen LogP contribution is 2.38. The lowest BCUT2D eigenvalue weighted by Crippen LogP contribution is -2.25. The van der Waals surface area contributed by atoms with E-state index in [-0.39, 0.29) is 45.9 Å². The Morgan fingerprint density at radius 2 is 1.50 bits per heavy atom. The van der Waals surface area contributed by atoms with Crippen LogP contribution >= 0.6 is 0 Å². The van der Waals surface area contributed by atoms with Gasteiger partial charge in [0.25, 0.3) is 0 Å². The van der Waals surface area contributed by atoms with E-state index in [1.165, 1.54) is 18.2 Å². The summed E-state index contributed by atoms with van der Waals surface area (Å²) in [4.78, 5) is 61.5. The largest absolute Gasteiger partial charge is 0.460 e. The normalized spacial score (nSPS) is 12.0. The fraction of sp³-hybridized carbons (Fsp3) is 0.190. The molecule has 0 saturated carbocycles. The SMILES string of the molecule is CC(=O)Oc1cccc2c1C(=O)c1c(OC(C)=O)cc(C(=O)OCCO)cc1C2=O. The van der Waals surface area contributed by atoms with Gasteiger partial charge >= 0.3 is 17.9 Å². The number of fused-ring (bicyclic) bond motifs is 2. The zero-order valence-corrected chi connectivity index (χ0v) is 16.0. The first-order valence-electron chi connectivity index (χ1n) is 8.79. The van der Waals surface area contributed by atoms with Crippen molar-refractivity contribution in [3.8, 4) is 11.5 Å². The van der Waals surface area contributed by atoms with Crippen LogP contribution in [-0.2, 0) is 14.3 Å². The van der Waals surface area contributed by atoms with Crippen LogP contribution in [0.4, 0.5) is 0 Å². The van der Waals surface area contributed by atoms with Crippen LogP contribution in [0.3, 0.4) is 0 Å². The van der Waals surface area contributed by atoms with E-state index in [0.717, 1.165) is 26.0 Å². The fourth-order valence-electron chi connectivity index (χ4n) is 3.07. The fourth-order valence-corrected chi connectivity index (χ4v) is 3.07. The minimum Gasteiger partial charge on any atom is -0.460 e. The third kappa shape index (κ3) is 3.83. The van der Waals surface area contributed by atoms with Gasteiger partial charge in [0.2, 0.25) is 5.78 Å². The van der Waals surface area contributed by atoms with Gasteiger partial charge in [-0.1, -0.05) is 12.1 Å². The predicted molar refractivity (Wildman–Crippen MR) is 99.7 cm³/mol. The van der Waals surface area contributed by atoms with Gasteiger partial charge in [0.05, 0.1) is 23.3 Å². The predicted octanol–water partition coefficient (Wildman–Crippen LogP) is 1.46. The molecule has 0 aliphatic heterocycles. The Bertz CT molecular complexity index is 1100. The molecule has 1 aliphatic rings. The molecule has 154 valence electrons. The first-order valence-corrected chi connectivity index (χ1v) is 8.79. The molecule has 2 aromatic rings. The van der Waals surface area contributed by atoms with Gasteiger partial charge in [-0.25, -0.2) is 4.79 Å². The standard InChI is InChI=1S/C21H16O9/c1-10(23)29-15-5-3-4-13-17(15)20(26)18-14(19(13)25)8-12(21(27)28-7-6-22)9-16(18)30-11(2)24/h3-5,8-9,22H,6-7H2,1-2H3. The highest BCUT2D eigenvalue weighted by atomic mass is 16.5. The molecule has 0 unspecified atom stereocenters. The molecule has 3 rings (SSSR count). The summed E-state index contributed by atoms with van der Waals surface area (Å²) in [6.07, 6.45) is 0. The van der Waals surface area contributed by atoms with Crippen LogP contribution in [0.1, 0.15) is 56.0 Å². The van der Waals surface area contributed by atoms with Gasteiger partial charge in [0.1, 0.15) is 18.1 Å². The number of rotatable bonds is 5. The lowest BCUT2D eigenvalue weighted by Gasteiger charge is -2.22. The van der Waals surface area contributed by atoms with Gasteiger partial charge < -0.3 is 19.3 Å². The molecule has 0 aromatic heterocycles. The molecule has 0 atom stereocenters. The topological polar surface area (TPSA) is 133 Å². The van der Waals surface area contributed by atoms with Gasteiger partial charge in [-0.2, -0.15) is 0 Å². The monoisotopic (exact) mass is 412 g/mol. The number of esters is 3. The molecule has 0 spiro atoms. The van der Waals surface area contributed by atoms with Gasteiger partial charge in [-0.3, -0.25) is 19.2 Å². The van der Waals surface area contributed by atoms with Crippen molar-refractivity contribution in [2.75, 3.05) is 13.2 Å². The van der Waals surface area contributed by atoms with Gasteiger partial charge in [0, 0.05) is 25.0 Å². The second-order valence-corrected chi connectivity index (χ2v) is 6.28. The number of hydrogen-bond acceptors (Lipinski definition) is 9. The number of aliphatic hydroxyl groups is 1. The van der Waals surface area contributed by atoms with Crippen molar-refractivity contribution in [1.29, 1.82) is 0 Å². The van der Waals surface area contributed by atoms with Crippen LogP contribution < -0.4 is 9.47 Å². The second-order valence-electron chi connectivity index (χ2n) is 6.28. The summed E-state index contributed by atoms with van der Waals surface area (Å²) in [5, 5.41) is 8.82. The number of hydrogen-bond donors (Lipinski definition) is 1. The Balaban J connectivity index is 2.22. The van der Waals surface area contributed by atoms with Gasteiger partial charge in [-0.05, 0) is 18.2 Å². The molecule has 0 bridgehead atoms. The van der Waals surface area contributed by atoms with Gasteiger partial charge in [0.15, 0.2) is 5.78 Å². The molecule has 2 aromatic carbocycles. The maximum absolute atomic E-state index is 13.2. The average molecular weight is 412 g/mol. The minimum absolute atomic E-state index is 0.0269. The first kappa shape index (κ1) is 20.9. The summed E-state index contributed by atoms with van der Waals surface area (Å²) in [5.74, 6) is -4.09. The molecule has 9 nitrogen and oxygen atoms in total. The lowest BCUT2D eigenvalue weighted by molar-refractivity contribution is -0.132. The highest BCUT2D eigenvalue weighted by molar-refractivity contribution is 6.30. The number of benzene rings is 2. The van der Waals surface area contributed by atoms with Crippen LogP contribution in [0.5, 0.6) is 11.5 Å². The summed E-state index contributed by atoms with van der Waals surface area (Å²) >= 11 is 0. The molecule has 30 heavy (non-hydrogen) atoms. The van der Waals surface area contributed by atoms with Crippen molar-refractivity contribution in [2.24, 2.45) is 0 Å². The molecule has 1 N–H and O–H groups in total. The van der Waals surface area contributed by atoms with Crippen LogP contribution in [0.15, 0.2) is 30.3 Å². The molecule has 0 amide bonds. The Morgan fingerprint density at radius 3 is 2.13 bits per heavy atom. The molecule has 9 heteroatoms. The van der Waals surface area contributed by atoms with Crippen molar-refractivity contribution in [3.63, 3.8) is 0 Å². The van der Waals surface area contributed by atoms with E-state index in [4.69, 9.17) is 19.3 Å². The smallest absolute Gasteiger partial charge is 0.338 e. The zero-order chi connectivity index (χ0) is 22.0. The molecule has 0 heterocycles. The number of ether oxygens (including phenoxy) is 3. The van der Waals surface area contributed by atoms with Crippen LogP contribution in [0.2, 0.25) is 0 Å². The Kier molecular flexibility index (Phi) is 5.74. The Hall–Kier alpha value is -3.85. The Labute approximate surface area is 170 Å². The van der Waals surface area contributed by atoms with Crippen molar-refractivity contribution < 1.29 is 43.3 Å². The quantitative estimate of drug-likeness (QED) is 0.488. The summed E-state index contributed by atoms with van der Waals surface area (Å²) in [6, 6.07) is 6.45. The maximum Gasteiger partial charge on any atom is 0.338 e. The van der Waals surface area contributed by atoms with Crippen LogP contribution in [0, 0.1) is 0 Å². The van der Waals surface area contributed by atoms with Crippen molar-refractivity contribution >= 4 is 29.5 Å². The van der Waals surface area contributed by atoms with E-state index in [0.29, 0.717) is 0 Å². The van der Waals surface area contributed by atoms with Crippen molar-refractivity contribution in [2.45, 2.75) is 13.8 Å². The van der Waals surface area contributed by atoms with Gasteiger partial charge in [-0.15, -0.1) is 0 Å². The number of carbonyl (C=O) groups is 5. The van der Waals surface area contributed by atoms with E-state index in [2.05, 4.69) is 0 Å². The average Bonchev–Trinajstić information content (AvgIpc) is 2.68. The Morgan fingerprint density at radius 1 is 0.867 bits per heavy atom. The van der Waals surface area contributed by atoms with Crippen molar-refractivity contribution in [3.05, 3.63) is 58.1 Å². The molecule has 0 fully saturated rings. The molecule has 1 aliphatic carbocycles. The number of aliphatic hydroxyl groups excluding tert-OH is 1. The van der Waals surface area contributed by atoms with Crippen LogP contribution in [-0.4, -0.2) is 47.8 Å². The summed E-state index contributed by atoms with van der Waals surface area (Å²) < 4.78 is 15.0. The highest BCUT2D eigenvalue weighted by Gasteiger charge is 2.36. The van der Waals surface area contributed by atoms with E-state index >= 15 is 0 Å². The number of carbonyl (C=O) groups excluding carboxylic acids is 5. The van der Waals surface area contributed by atoms with E-state index in [9.17, 15) is 24.0 Å².